The highest BCUT2D eigenvalue weighted by atomic mass is 19.1. The zero-order valence-corrected chi connectivity index (χ0v) is 9.04. The van der Waals surface area contributed by atoms with Gasteiger partial charge in [-0.25, -0.2) is 9.18 Å². The summed E-state index contributed by atoms with van der Waals surface area (Å²) in [5.74, 6) is -1.01. The van der Waals surface area contributed by atoms with E-state index in [9.17, 15) is 14.0 Å². The summed E-state index contributed by atoms with van der Waals surface area (Å²) >= 11 is 0. The molecule has 0 saturated carbocycles. The van der Waals surface area contributed by atoms with Crippen LogP contribution in [0.1, 0.15) is 24.2 Å². The SMILES string of the molecule is CCOC(=O)Nc1ccc(F)c(C(C)=O)c1. The smallest absolute Gasteiger partial charge is 0.411 e. The van der Waals surface area contributed by atoms with E-state index in [2.05, 4.69) is 10.1 Å². The highest BCUT2D eigenvalue weighted by Gasteiger charge is 2.09. The van der Waals surface area contributed by atoms with Gasteiger partial charge in [-0.2, -0.15) is 0 Å². The van der Waals surface area contributed by atoms with E-state index in [1.54, 1.807) is 6.92 Å². The number of rotatable bonds is 3. The molecule has 16 heavy (non-hydrogen) atoms. The molecule has 1 N–H and O–H groups in total. The maximum absolute atomic E-state index is 13.1. The third-order valence-electron chi connectivity index (χ3n) is 1.87. The van der Waals surface area contributed by atoms with Gasteiger partial charge < -0.3 is 4.74 Å². The number of hydrogen-bond acceptors (Lipinski definition) is 3. The molecule has 1 rings (SSSR count). The summed E-state index contributed by atoms with van der Waals surface area (Å²) in [6, 6.07) is 3.76. The van der Waals surface area contributed by atoms with Crippen LogP contribution in [0.25, 0.3) is 0 Å². The number of amides is 1. The van der Waals surface area contributed by atoms with Crippen LogP contribution in [0.2, 0.25) is 0 Å². The summed E-state index contributed by atoms with van der Waals surface area (Å²) < 4.78 is 17.8. The number of ketones is 1. The molecule has 0 aliphatic carbocycles. The largest absolute Gasteiger partial charge is 0.450 e. The van der Waals surface area contributed by atoms with Gasteiger partial charge in [0.15, 0.2) is 5.78 Å². The van der Waals surface area contributed by atoms with Crippen LogP contribution in [-0.2, 0) is 4.74 Å². The third kappa shape index (κ3) is 3.05. The fourth-order valence-electron chi connectivity index (χ4n) is 1.16. The molecule has 1 aromatic carbocycles. The average Bonchev–Trinajstić information content (AvgIpc) is 2.21. The van der Waals surface area contributed by atoms with Crippen LogP contribution in [0.4, 0.5) is 14.9 Å². The van der Waals surface area contributed by atoms with E-state index < -0.39 is 17.7 Å². The number of halogens is 1. The molecule has 4 nitrogen and oxygen atoms in total. The van der Waals surface area contributed by atoms with Crippen molar-refractivity contribution >= 4 is 17.6 Å². The molecule has 86 valence electrons. The summed E-state index contributed by atoms with van der Waals surface area (Å²) in [5, 5.41) is 2.39. The van der Waals surface area contributed by atoms with E-state index in [-0.39, 0.29) is 12.2 Å². The standard InChI is InChI=1S/C11H12FNO3/c1-3-16-11(15)13-8-4-5-10(12)9(6-8)7(2)14/h4-6H,3H2,1-2H3,(H,13,15). The molecule has 0 saturated heterocycles. The first-order chi connectivity index (χ1) is 7.54. The fourth-order valence-corrected chi connectivity index (χ4v) is 1.16. The predicted molar refractivity (Wildman–Crippen MR) is 57.0 cm³/mol. The van der Waals surface area contributed by atoms with Crippen molar-refractivity contribution < 1.29 is 18.7 Å². The first kappa shape index (κ1) is 12.2. The first-order valence-electron chi connectivity index (χ1n) is 4.79. The number of ether oxygens (including phenoxy) is 1. The fraction of sp³-hybridized carbons (Fsp3) is 0.273. The number of carbonyl (C=O) groups is 2. The lowest BCUT2D eigenvalue weighted by molar-refractivity contribution is 0.101. The van der Waals surface area contributed by atoms with E-state index in [0.29, 0.717) is 5.69 Å². The molecule has 0 atom stereocenters. The minimum absolute atomic E-state index is 0.0608. The second-order valence-electron chi connectivity index (χ2n) is 3.10. The van der Waals surface area contributed by atoms with Crippen molar-refractivity contribution in [3.05, 3.63) is 29.6 Å². The second kappa shape index (κ2) is 5.25. The predicted octanol–water partition coefficient (Wildman–Crippen LogP) is 2.60. The molecule has 0 heterocycles. The van der Waals surface area contributed by atoms with Crippen LogP contribution < -0.4 is 5.32 Å². The Morgan fingerprint density at radius 3 is 2.69 bits per heavy atom. The molecule has 0 bridgehead atoms. The van der Waals surface area contributed by atoms with Crippen molar-refractivity contribution in [1.29, 1.82) is 0 Å². The number of carbonyl (C=O) groups excluding carboxylic acids is 2. The number of Topliss-reactive ketones (excluding diaryl/α,β-unsaturated/α-hetero) is 1. The average molecular weight is 225 g/mol. The molecule has 0 fully saturated rings. The maximum Gasteiger partial charge on any atom is 0.411 e. The van der Waals surface area contributed by atoms with Crippen molar-refractivity contribution in [2.45, 2.75) is 13.8 Å². The number of nitrogens with one attached hydrogen (secondary N) is 1. The van der Waals surface area contributed by atoms with Gasteiger partial charge in [-0.3, -0.25) is 10.1 Å². The maximum atomic E-state index is 13.1. The molecule has 0 unspecified atom stereocenters. The van der Waals surface area contributed by atoms with Gasteiger partial charge >= 0.3 is 6.09 Å². The molecular formula is C11H12FNO3. The van der Waals surface area contributed by atoms with Crippen molar-refractivity contribution in [2.24, 2.45) is 0 Å². The number of benzene rings is 1. The molecule has 0 aromatic heterocycles. The first-order valence-corrected chi connectivity index (χ1v) is 4.79. The zero-order valence-electron chi connectivity index (χ0n) is 9.04. The van der Waals surface area contributed by atoms with Crippen molar-refractivity contribution in [2.75, 3.05) is 11.9 Å². The van der Waals surface area contributed by atoms with Crippen LogP contribution in [-0.4, -0.2) is 18.5 Å². The van der Waals surface area contributed by atoms with Gasteiger partial charge in [0.2, 0.25) is 0 Å². The van der Waals surface area contributed by atoms with Crippen molar-refractivity contribution in [3.8, 4) is 0 Å². The lowest BCUT2D eigenvalue weighted by Gasteiger charge is -2.06. The highest BCUT2D eigenvalue weighted by molar-refractivity contribution is 5.96. The Balaban J connectivity index is 2.87. The van der Waals surface area contributed by atoms with Crippen LogP contribution in [0.15, 0.2) is 18.2 Å². The molecule has 0 radical (unpaired) electrons. The van der Waals surface area contributed by atoms with Gasteiger partial charge in [0, 0.05) is 5.69 Å². The highest BCUT2D eigenvalue weighted by Crippen LogP contribution is 2.15. The molecule has 0 aliphatic heterocycles. The summed E-state index contributed by atoms with van der Waals surface area (Å²) in [6.07, 6.45) is -0.636. The minimum Gasteiger partial charge on any atom is -0.450 e. The molecule has 5 heteroatoms. The monoisotopic (exact) mass is 225 g/mol. The van der Waals surface area contributed by atoms with E-state index in [0.717, 1.165) is 6.07 Å². The van der Waals surface area contributed by atoms with Crippen molar-refractivity contribution in [3.63, 3.8) is 0 Å². The summed E-state index contributed by atoms with van der Waals surface area (Å²) in [7, 11) is 0. The second-order valence-corrected chi connectivity index (χ2v) is 3.10. The quantitative estimate of drug-likeness (QED) is 0.804. The van der Waals surface area contributed by atoms with Crippen LogP contribution in [0.5, 0.6) is 0 Å². The topological polar surface area (TPSA) is 55.4 Å². The summed E-state index contributed by atoms with van der Waals surface area (Å²) in [6.45, 7) is 3.17. The Labute approximate surface area is 92.4 Å². The Bertz CT molecular complexity index is 418. The van der Waals surface area contributed by atoms with E-state index in [1.807, 2.05) is 0 Å². The van der Waals surface area contributed by atoms with Gasteiger partial charge in [0.1, 0.15) is 5.82 Å². The van der Waals surface area contributed by atoms with E-state index in [4.69, 9.17) is 0 Å². The van der Waals surface area contributed by atoms with Gasteiger partial charge in [-0.15, -0.1) is 0 Å². The third-order valence-corrected chi connectivity index (χ3v) is 1.87. The molecule has 1 amide bonds. The summed E-state index contributed by atoms with van der Waals surface area (Å²) in [4.78, 5) is 22.1. The van der Waals surface area contributed by atoms with Crippen LogP contribution in [0.3, 0.4) is 0 Å². The lowest BCUT2D eigenvalue weighted by atomic mass is 10.1. The lowest BCUT2D eigenvalue weighted by Crippen LogP contribution is -2.13. The molecule has 0 aliphatic rings. The summed E-state index contributed by atoms with van der Waals surface area (Å²) in [5.41, 5.74) is 0.263. The Morgan fingerprint density at radius 1 is 1.44 bits per heavy atom. The van der Waals surface area contributed by atoms with Crippen LogP contribution in [0, 0.1) is 5.82 Å². The molecule has 1 aromatic rings. The number of hydrogen-bond donors (Lipinski definition) is 1. The van der Waals surface area contributed by atoms with Gasteiger partial charge in [0.05, 0.1) is 12.2 Å². The minimum atomic E-state index is -0.636. The van der Waals surface area contributed by atoms with Gasteiger partial charge in [-0.05, 0) is 32.0 Å². The Morgan fingerprint density at radius 2 is 2.12 bits per heavy atom. The van der Waals surface area contributed by atoms with Crippen molar-refractivity contribution in [1.82, 2.24) is 0 Å². The molecule has 0 spiro atoms. The van der Waals surface area contributed by atoms with E-state index >= 15 is 0 Å². The normalized spacial score (nSPS) is 9.69. The zero-order chi connectivity index (χ0) is 12.1. The molecular weight excluding hydrogens is 213 g/mol. The number of anilines is 1. The van der Waals surface area contributed by atoms with Gasteiger partial charge in [-0.1, -0.05) is 0 Å². The Kier molecular flexibility index (Phi) is 3.99. The van der Waals surface area contributed by atoms with Crippen LogP contribution >= 0.6 is 0 Å². The van der Waals surface area contributed by atoms with E-state index in [1.165, 1.54) is 19.1 Å². The Hall–Kier alpha value is -1.91. The van der Waals surface area contributed by atoms with Gasteiger partial charge in [0.25, 0.3) is 0 Å².